The maximum absolute atomic E-state index is 12.1. The molecule has 0 bridgehead atoms. The Kier molecular flexibility index (Phi) is 4.54. The van der Waals surface area contributed by atoms with Gasteiger partial charge in [0.2, 0.25) is 15.9 Å². The maximum Gasteiger partial charge on any atom is 0.242 e. The van der Waals surface area contributed by atoms with Crippen LogP contribution in [0.25, 0.3) is 0 Å². The second-order valence-electron chi connectivity index (χ2n) is 4.83. The number of nitrogens with two attached hydrogens (primary N) is 1. The molecule has 4 N–H and O–H groups in total. The molecular weight excluding hydrogens is 266 g/mol. The van der Waals surface area contributed by atoms with Crippen LogP contribution >= 0.6 is 0 Å². The lowest BCUT2D eigenvalue weighted by molar-refractivity contribution is -0.128. The van der Waals surface area contributed by atoms with Crippen LogP contribution in [0.15, 0.2) is 29.2 Å². The minimum Gasteiger partial charge on any atom is -0.398 e. The molecule has 106 valence electrons. The highest BCUT2D eigenvalue weighted by Gasteiger charge is 2.29. The van der Waals surface area contributed by atoms with E-state index in [9.17, 15) is 13.2 Å². The van der Waals surface area contributed by atoms with E-state index in [1.54, 1.807) is 26.0 Å². The van der Waals surface area contributed by atoms with Gasteiger partial charge in [0.1, 0.15) is 4.90 Å². The van der Waals surface area contributed by atoms with E-state index in [2.05, 4.69) is 10.0 Å². The van der Waals surface area contributed by atoms with Crippen LogP contribution in [0.3, 0.4) is 0 Å². The molecule has 6 nitrogen and oxygen atoms in total. The third-order valence-corrected chi connectivity index (χ3v) is 4.23. The third-order valence-electron chi connectivity index (χ3n) is 2.75. The summed E-state index contributed by atoms with van der Waals surface area (Å²) >= 11 is 0. The van der Waals surface area contributed by atoms with Crippen LogP contribution in [0, 0.1) is 5.41 Å². The van der Waals surface area contributed by atoms with E-state index in [1.807, 2.05) is 0 Å². The van der Waals surface area contributed by atoms with E-state index >= 15 is 0 Å². The molecule has 0 spiro atoms. The molecule has 1 amide bonds. The van der Waals surface area contributed by atoms with Gasteiger partial charge < -0.3 is 11.1 Å². The third kappa shape index (κ3) is 3.68. The van der Waals surface area contributed by atoms with Gasteiger partial charge in [-0.3, -0.25) is 4.79 Å². The molecule has 0 aliphatic rings. The van der Waals surface area contributed by atoms with Crippen molar-refractivity contribution in [1.82, 2.24) is 10.0 Å². The average molecular weight is 285 g/mol. The molecule has 0 saturated carbocycles. The van der Waals surface area contributed by atoms with Crippen LogP contribution < -0.4 is 15.8 Å². The highest BCUT2D eigenvalue weighted by molar-refractivity contribution is 7.89. The van der Waals surface area contributed by atoms with Crippen LogP contribution in [0.4, 0.5) is 5.69 Å². The van der Waals surface area contributed by atoms with Crippen molar-refractivity contribution in [2.45, 2.75) is 18.7 Å². The maximum atomic E-state index is 12.1. The smallest absolute Gasteiger partial charge is 0.242 e. The molecule has 1 rings (SSSR count). The Morgan fingerprint density at radius 2 is 1.89 bits per heavy atom. The Morgan fingerprint density at radius 3 is 2.42 bits per heavy atom. The lowest BCUT2D eigenvalue weighted by Gasteiger charge is -2.22. The molecule has 19 heavy (non-hydrogen) atoms. The molecule has 1 aromatic rings. The van der Waals surface area contributed by atoms with Gasteiger partial charge in [-0.25, -0.2) is 13.1 Å². The SMILES string of the molecule is CNC(=O)C(C)(C)CNS(=O)(=O)c1ccccc1N. The zero-order chi connectivity index (χ0) is 14.7. The number of amides is 1. The fraction of sp³-hybridized carbons (Fsp3) is 0.417. The first-order chi connectivity index (χ1) is 8.70. The number of rotatable bonds is 5. The summed E-state index contributed by atoms with van der Waals surface area (Å²) in [4.78, 5) is 11.6. The second-order valence-corrected chi connectivity index (χ2v) is 6.56. The van der Waals surface area contributed by atoms with Gasteiger partial charge in [-0.15, -0.1) is 0 Å². The predicted molar refractivity (Wildman–Crippen MR) is 73.9 cm³/mol. The van der Waals surface area contributed by atoms with Crippen LogP contribution in [0.1, 0.15) is 13.8 Å². The van der Waals surface area contributed by atoms with Crippen LogP contribution in [-0.2, 0) is 14.8 Å². The van der Waals surface area contributed by atoms with Crippen molar-refractivity contribution in [3.05, 3.63) is 24.3 Å². The Balaban J connectivity index is 2.89. The lowest BCUT2D eigenvalue weighted by atomic mass is 9.93. The number of carbonyl (C=O) groups excluding carboxylic acids is 1. The molecular formula is C12H19N3O3S. The Bertz CT molecular complexity index is 567. The summed E-state index contributed by atoms with van der Waals surface area (Å²) in [7, 11) is -2.21. The monoisotopic (exact) mass is 285 g/mol. The predicted octanol–water partition coefficient (Wildman–Crippen LogP) is 0.319. The van der Waals surface area contributed by atoms with Crippen LogP contribution in [0.2, 0.25) is 0 Å². The molecule has 0 radical (unpaired) electrons. The van der Waals surface area contributed by atoms with Gasteiger partial charge >= 0.3 is 0 Å². The van der Waals surface area contributed by atoms with Crippen molar-refractivity contribution in [2.75, 3.05) is 19.3 Å². The molecule has 1 aromatic carbocycles. The van der Waals surface area contributed by atoms with Gasteiger partial charge in [0, 0.05) is 13.6 Å². The van der Waals surface area contributed by atoms with E-state index in [1.165, 1.54) is 19.2 Å². The van der Waals surface area contributed by atoms with Crippen molar-refractivity contribution in [3.63, 3.8) is 0 Å². The number of benzene rings is 1. The lowest BCUT2D eigenvalue weighted by Crippen LogP contribution is -2.43. The number of nitrogens with one attached hydrogen (secondary N) is 2. The van der Waals surface area contributed by atoms with Crippen molar-refractivity contribution in [2.24, 2.45) is 5.41 Å². The van der Waals surface area contributed by atoms with Crippen molar-refractivity contribution < 1.29 is 13.2 Å². The largest absolute Gasteiger partial charge is 0.398 e. The van der Waals surface area contributed by atoms with Crippen molar-refractivity contribution in [3.8, 4) is 0 Å². The van der Waals surface area contributed by atoms with Gasteiger partial charge in [0.05, 0.1) is 11.1 Å². The Labute approximate surface area is 113 Å². The van der Waals surface area contributed by atoms with E-state index in [0.717, 1.165) is 0 Å². The quantitative estimate of drug-likeness (QED) is 0.678. The summed E-state index contributed by atoms with van der Waals surface area (Å²) in [5.41, 5.74) is 4.97. The summed E-state index contributed by atoms with van der Waals surface area (Å²) in [6.45, 7) is 3.30. The highest BCUT2D eigenvalue weighted by Crippen LogP contribution is 2.19. The molecule has 0 heterocycles. The van der Waals surface area contributed by atoms with E-state index in [0.29, 0.717) is 0 Å². The summed E-state index contributed by atoms with van der Waals surface area (Å²) in [6.07, 6.45) is 0. The first kappa shape index (κ1) is 15.5. The van der Waals surface area contributed by atoms with Crippen molar-refractivity contribution >= 4 is 21.6 Å². The van der Waals surface area contributed by atoms with Gasteiger partial charge in [0.25, 0.3) is 0 Å². The van der Waals surface area contributed by atoms with Gasteiger partial charge in [-0.1, -0.05) is 12.1 Å². The summed E-state index contributed by atoms with van der Waals surface area (Å²) in [5, 5.41) is 2.49. The second kappa shape index (κ2) is 5.58. The topological polar surface area (TPSA) is 101 Å². The Morgan fingerprint density at radius 1 is 1.32 bits per heavy atom. The fourth-order valence-corrected chi connectivity index (χ4v) is 2.84. The van der Waals surface area contributed by atoms with E-state index < -0.39 is 15.4 Å². The summed E-state index contributed by atoms with van der Waals surface area (Å²) in [6, 6.07) is 6.18. The zero-order valence-electron chi connectivity index (χ0n) is 11.2. The Hall–Kier alpha value is -1.60. The molecule has 0 atom stereocenters. The van der Waals surface area contributed by atoms with Crippen molar-refractivity contribution in [1.29, 1.82) is 0 Å². The normalized spacial score (nSPS) is 12.2. The van der Waals surface area contributed by atoms with E-state index in [-0.39, 0.29) is 23.0 Å². The molecule has 0 aromatic heterocycles. The van der Waals surface area contributed by atoms with Crippen LogP contribution in [-0.4, -0.2) is 27.9 Å². The zero-order valence-corrected chi connectivity index (χ0v) is 12.0. The number of hydrogen-bond donors (Lipinski definition) is 3. The van der Waals surface area contributed by atoms with E-state index in [4.69, 9.17) is 5.73 Å². The molecule has 0 unspecified atom stereocenters. The summed E-state index contributed by atoms with van der Waals surface area (Å²) in [5.74, 6) is -0.240. The minimum absolute atomic E-state index is 0.0106. The molecule has 0 fully saturated rings. The van der Waals surface area contributed by atoms with Crippen LogP contribution in [0.5, 0.6) is 0 Å². The standard InChI is InChI=1S/C12H19N3O3S/c1-12(2,11(16)14-3)8-15-19(17,18)10-7-5-4-6-9(10)13/h4-7,15H,8,13H2,1-3H3,(H,14,16). The number of hydrogen-bond acceptors (Lipinski definition) is 4. The molecule has 0 aliphatic heterocycles. The molecule has 7 heteroatoms. The number of para-hydroxylation sites is 1. The first-order valence-electron chi connectivity index (χ1n) is 5.77. The minimum atomic E-state index is -3.72. The number of anilines is 1. The first-order valence-corrected chi connectivity index (χ1v) is 7.25. The average Bonchev–Trinajstić information content (AvgIpc) is 2.36. The molecule has 0 saturated heterocycles. The fourth-order valence-electron chi connectivity index (χ4n) is 1.50. The molecule has 0 aliphatic carbocycles. The van der Waals surface area contributed by atoms with Gasteiger partial charge in [0.15, 0.2) is 0 Å². The number of nitrogen functional groups attached to an aromatic ring is 1. The highest BCUT2D eigenvalue weighted by atomic mass is 32.2. The van der Waals surface area contributed by atoms with Gasteiger partial charge in [-0.2, -0.15) is 0 Å². The van der Waals surface area contributed by atoms with Gasteiger partial charge in [-0.05, 0) is 26.0 Å². The number of sulfonamides is 1. The summed E-state index contributed by atoms with van der Waals surface area (Å²) < 4.78 is 26.6. The number of carbonyl (C=O) groups is 1.